The third kappa shape index (κ3) is 8.08. The zero-order valence-corrected chi connectivity index (χ0v) is 33.0. The maximum atomic E-state index is 13.7. The van der Waals surface area contributed by atoms with Crippen LogP contribution >= 0.6 is 0 Å². The number of carbonyl (C=O) groups excluding carboxylic acids is 3. The zero-order valence-electron chi connectivity index (χ0n) is 33.0. The topological polar surface area (TPSA) is 139 Å². The van der Waals surface area contributed by atoms with E-state index < -0.39 is 18.0 Å². The number of aromatic amines is 1. The lowest BCUT2D eigenvalue weighted by Crippen LogP contribution is -2.41. The SMILES string of the molecule is COC(=O)C[C@H](C(=O)N1CCC[C@H]1c1ncc(-c2ccc(-c3ccc(C4=CN=C(C5C6CCC(C6)[C@H]5C(=O)NCCc5ccncc5)C4)cc3)cc2)[nH]1)[C@@H](C)OC. The minimum atomic E-state index is -0.631. The number of fused-ring (bicyclic) bond motifs is 2. The van der Waals surface area contributed by atoms with Crippen LogP contribution in [0.15, 0.2) is 90.4 Å². The third-order valence-corrected chi connectivity index (χ3v) is 12.9. The third-order valence-electron chi connectivity index (χ3n) is 12.9. The van der Waals surface area contributed by atoms with E-state index in [9.17, 15) is 14.4 Å². The monoisotopic (exact) mass is 768 g/mol. The van der Waals surface area contributed by atoms with Crippen molar-refractivity contribution in [3.8, 4) is 22.4 Å². The summed E-state index contributed by atoms with van der Waals surface area (Å²) < 4.78 is 10.3. The summed E-state index contributed by atoms with van der Waals surface area (Å²) in [5.74, 6) is 0.963. The Balaban J connectivity index is 0.878. The molecule has 4 aromatic rings. The van der Waals surface area contributed by atoms with Crippen molar-refractivity contribution in [3.05, 3.63) is 102 Å². The standard InChI is InChI=1S/C46H52N6O5/c1-28(56-2)37(25-41(53)57-3)46(55)52-22-4-5-40(52)44-50-27-39(51-44)33-12-10-31(11-13-33)30-6-8-32(9-7-30)36-24-38(49-26-36)42-34-14-15-35(23-34)43(42)45(54)48-21-18-29-16-19-47-20-17-29/h6-13,16-17,19-20,26-28,34-35,37,40,42-43H,4-5,14-15,18,21-25H2,1-3H3,(H,48,54)(H,50,51)/t28-,34?,35?,37+,40+,42?,43-/m1/s1. The number of pyridine rings is 1. The van der Waals surface area contributed by atoms with Crippen LogP contribution in [0.1, 0.15) is 74.9 Å². The van der Waals surface area contributed by atoms with E-state index in [2.05, 4.69) is 63.8 Å². The minimum absolute atomic E-state index is 0.00931. The Bertz CT molecular complexity index is 2130. The van der Waals surface area contributed by atoms with Gasteiger partial charge in [0.25, 0.3) is 0 Å². The molecule has 2 aromatic carbocycles. The summed E-state index contributed by atoms with van der Waals surface area (Å²) in [4.78, 5) is 58.4. The fourth-order valence-corrected chi connectivity index (χ4v) is 9.75. The highest BCUT2D eigenvalue weighted by Crippen LogP contribution is 2.54. The molecular weight excluding hydrogens is 717 g/mol. The number of methoxy groups -OCH3 is 2. The van der Waals surface area contributed by atoms with Gasteiger partial charge in [-0.1, -0.05) is 48.5 Å². The number of aliphatic imine (C=N–C) groups is 1. The van der Waals surface area contributed by atoms with Gasteiger partial charge in [-0.05, 0) is 103 Å². The van der Waals surface area contributed by atoms with Gasteiger partial charge < -0.3 is 24.7 Å². The molecule has 2 aromatic heterocycles. The van der Waals surface area contributed by atoms with Crippen molar-refractivity contribution in [1.29, 1.82) is 0 Å². The Morgan fingerprint density at radius 1 is 0.912 bits per heavy atom. The van der Waals surface area contributed by atoms with Crippen molar-refractivity contribution in [2.45, 2.75) is 70.4 Å². The number of nitrogens with zero attached hydrogens (tertiary/aromatic N) is 4. The van der Waals surface area contributed by atoms with E-state index in [-0.39, 0.29) is 36.1 Å². The lowest BCUT2D eigenvalue weighted by Gasteiger charge is -2.30. The van der Waals surface area contributed by atoms with Gasteiger partial charge in [0.2, 0.25) is 11.8 Å². The van der Waals surface area contributed by atoms with Crippen LogP contribution in [0.25, 0.3) is 28.0 Å². The van der Waals surface area contributed by atoms with Crippen LogP contribution in [0.3, 0.4) is 0 Å². The second-order valence-corrected chi connectivity index (χ2v) is 16.1. The van der Waals surface area contributed by atoms with E-state index in [0.29, 0.717) is 24.9 Å². The predicted molar refractivity (Wildman–Crippen MR) is 219 cm³/mol. The summed E-state index contributed by atoms with van der Waals surface area (Å²) in [6.45, 7) is 3.04. The van der Waals surface area contributed by atoms with Crippen LogP contribution in [0.2, 0.25) is 0 Å². The number of nitrogens with one attached hydrogen (secondary N) is 2. The number of aromatic nitrogens is 3. The normalized spacial score (nSPS) is 23.6. The quantitative estimate of drug-likeness (QED) is 0.129. The molecule has 2 aliphatic carbocycles. The summed E-state index contributed by atoms with van der Waals surface area (Å²) in [7, 11) is 2.88. The maximum Gasteiger partial charge on any atom is 0.306 e. The highest BCUT2D eigenvalue weighted by Gasteiger charge is 2.52. The molecule has 0 radical (unpaired) electrons. The fraction of sp³-hybridized carbons (Fsp3) is 0.435. The number of hydrogen-bond acceptors (Lipinski definition) is 8. The van der Waals surface area contributed by atoms with Crippen LogP contribution in [-0.2, 0) is 30.3 Å². The second-order valence-electron chi connectivity index (χ2n) is 16.1. The van der Waals surface area contributed by atoms with Crippen LogP contribution in [0.4, 0.5) is 0 Å². The fourth-order valence-electron chi connectivity index (χ4n) is 9.75. The number of rotatable bonds is 14. The van der Waals surface area contributed by atoms with Crippen molar-refractivity contribution in [2.24, 2.45) is 34.6 Å². The summed E-state index contributed by atoms with van der Waals surface area (Å²) in [6, 6.07) is 20.9. The molecule has 3 unspecified atom stereocenters. The average molecular weight is 769 g/mol. The summed E-state index contributed by atoms with van der Waals surface area (Å²) >= 11 is 0. The Kier molecular flexibility index (Phi) is 11.5. The summed E-state index contributed by atoms with van der Waals surface area (Å²) in [6.07, 6.45) is 13.7. The lowest BCUT2D eigenvalue weighted by atomic mass is 9.75. The first-order valence-electron chi connectivity index (χ1n) is 20.4. The average Bonchev–Trinajstić information content (AvgIpc) is 4.11. The van der Waals surface area contributed by atoms with Gasteiger partial charge in [-0.2, -0.15) is 0 Å². The molecular formula is C46H52N6O5. The van der Waals surface area contributed by atoms with Crippen molar-refractivity contribution in [3.63, 3.8) is 0 Å². The van der Waals surface area contributed by atoms with Crippen molar-refractivity contribution < 1.29 is 23.9 Å². The van der Waals surface area contributed by atoms with Gasteiger partial charge >= 0.3 is 5.97 Å². The molecule has 2 bridgehead atoms. The Morgan fingerprint density at radius 3 is 2.33 bits per heavy atom. The molecule has 57 heavy (non-hydrogen) atoms. The molecule has 3 fully saturated rings. The van der Waals surface area contributed by atoms with E-state index in [1.165, 1.54) is 30.4 Å². The largest absolute Gasteiger partial charge is 0.469 e. The Hall–Kier alpha value is -5.42. The number of benzene rings is 2. The number of carbonyl (C=O) groups is 3. The highest BCUT2D eigenvalue weighted by atomic mass is 16.5. The van der Waals surface area contributed by atoms with Crippen molar-refractivity contribution in [2.75, 3.05) is 27.3 Å². The predicted octanol–water partition coefficient (Wildman–Crippen LogP) is 7.22. The first kappa shape index (κ1) is 38.5. The van der Waals surface area contributed by atoms with Crippen LogP contribution < -0.4 is 5.32 Å². The van der Waals surface area contributed by atoms with Gasteiger partial charge in [-0.3, -0.25) is 24.4 Å². The van der Waals surface area contributed by atoms with E-state index in [1.807, 2.05) is 36.4 Å². The van der Waals surface area contributed by atoms with E-state index >= 15 is 0 Å². The number of esters is 1. The zero-order chi connectivity index (χ0) is 39.5. The summed E-state index contributed by atoms with van der Waals surface area (Å²) in [5, 5.41) is 3.26. The molecule has 2 N–H and O–H groups in total. The van der Waals surface area contributed by atoms with Crippen molar-refractivity contribution in [1.82, 2.24) is 25.2 Å². The number of imidazole rings is 1. The number of allylic oxidation sites excluding steroid dienone is 1. The summed E-state index contributed by atoms with van der Waals surface area (Å²) in [5.41, 5.74) is 8.84. The molecule has 0 spiro atoms. The molecule has 296 valence electrons. The lowest BCUT2D eigenvalue weighted by molar-refractivity contribution is -0.151. The number of hydrogen-bond donors (Lipinski definition) is 2. The first-order chi connectivity index (χ1) is 27.8. The molecule has 8 rings (SSSR count). The number of likely N-dealkylation sites (tertiary alicyclic amines) is 1. The molecule has 2 amide bonds. The van der Waals surface area contributed by atoms with Gasteiger partial charge in [0.1, 0.15) is 5.82 Å². The molecule has 4 aliphatic rings. The van der Waals surface area contributed by atoms with Gasteiger partial charge in [-0.15, -0.1) is 0 Å². The number of H-pyrrole nitrogens is 1. The first-order valence-corrected chi connectivity index (χ1v) is 20.4. The van der Waals surface area contributed by atoms with Crippen molar-refractivity contribution >= 4 is 29.1 Å². The van der Waals surface area contributed by atoms with Crippen LogP contribution in [-0.4, -0.2) is 76.8 Å². The van der Waals surface area contributed by atoms with E-state index in [4.69, 9.17) is 19.5 Å². The smallest absolute Gasteiger partial charge is 0.306 e. The molecule has 2 aliphatic heterocycles. The van der Waals surface area contributed by atoms with Gasteiger partial charge in [-0.25, -0.2) is 4.98 Å². The number of ether oxygens (including phenoxy) is 2. The molecule has 2 saturated carbocycles. The Morgan fingerprint density at radius 2 is 1.61 bits per heavy atom. The van der Waals surface area contributed by atoms with Gasteiger partial charge in [0.05, 0.1) is 43.5 Å². The van der Waals surface area contributed by atoms with E-state index in [0.717, 1.165) is 72.3 Å². The molecule has 11 heteroatoms. The minimum Gasteiger partial charge on any atom is -0.469 e. The highest BCUT2D eigenvalue weighted by molar-refractivity contribution is 6.02. The molecule has 11 nitrogen and oxygen atoms in total. The molecule has 4 heterocycles. The Labute approximate surface area is 334 Å². The van der Waals surface area contributed by atoms with Crippen LogP contribution in [0.5, 0.6) is 0 Å². The number of amides is 2. The van der Waals surface area contributed by atoms with E-state index in [1.54, 1.807) is 19.5 Å². The van der Waals surface area contributed by atoms with Crippen LogP contribution in [0, 0.1) is 29.6 Å². The van der Waals surface area contributed by atoms with Gasteiger partial charge in [0, 0.05) is 62.8 Å². The molecule has 7 atom stereocenters. The maximum absolute atomic E-state index is 13.7. The second kappa shape index (κ2) is 17.0. The van der Waals surface area contributed by atoms with Gasteiger partial charge in [0.15, 0.2) is 0 Å². The molecule has 1 saturated heterocycles.